The highest BCUT2D eigenvalue weighted by Crippen LogP contribution is 2.41. The van der Waals surface area contributed by atoms with E-state index in [2.05, 4.69) is 50.1 Å². The highest BCUT2D eigenvalue weighted by atomic mass is 15.1. The fourth-order valence-corrected chi connectivity index (χ4v) is 2.31. The van der Waals surface area contributed by atoms with E-state index in [1.807, 2.05) is 0 Å². The first-order valence-corrected chi connectivity index (χ1v) is 4.98. The van der Waals surface area contributed by atoms with E-state index >= 15 is 0 Å². The number of hydrogen-bond donors (Lipinski definition) is 0. The second-order valence-electron chi connectivity index (χ2n) is 4.29. The molecule has 0 aliphatic carbocycles. The molecule has 1 atom stereocenters. The Labute approximate surface area is 80.4 Å². The van der Waals surface area contributed by atoms with E-state index in [4.69, 9.17) is 0 Å². The molecule has 1 aliphatic rings. The van der Waals surface area contributed by atoms with Crippen LogP contribution < -0.4 is 4.90 Å². The van der Waals surface area contributed by atoms with Gasteiger partial charge in [0.1, 0.15) is 0 Å². The minimum absolute atomic E-state index is 0.366. The Hall–Kier alpha value is -0.980. The third-order valence-corrected chi connectivity index (χ3v) is 3.33. The fraction of sp³-hybridized carbons (Fsp3) is 0.500. The summed E-state index contributed by atoms with van der Waals surface area (Å²) in [5.74, 6) is 0. The van der Waals surface area contributed by atoms with Crippen molar-refractivity contribution >= 4 is 5.69 Å². The second-order valence-corrected chi connectivity index (χ2v) is 4.29. The predicted molar refractivity (Wildman–Crippen MR) is 57.4 cm³/mol. The number of likely N-dealkylation sites (N-methyl/N-ethyl adjacent to an activating group) is 1. The van der Waals surface area contributed by atoms with Crippen molar-refractivity contribution in [2.45, 2.75) is 25.7 Å². The molecule has 1 nitrogen and oxygen atoms in total. The van der Waals surface area contributed by atoms with Crippen LogP contribution in [0.3, 0.4) is 0 Å². The van der Waals surface area contributed by atoms with Gasteiger partial charge in [-0.3, -0.25) is 0 Å². The quantitative estimate of drug-likeness (QED) is 0.634. The van der Waals surface area contributed by atoms with Gasteiger partial charge in [-0.1, -0.05) is 32.0 Å². The first-order chi connectivity index (χ1) is 6.17. The van der Waals surface area contributed by atoms with Crippen molar-refractivity contribution in [2.24, 2.45) is 0 Å². The Morgan fingerprint density at radius 3 is 2.77 bits per heavy atom. The van der Waals surface area contributed by atoms with E-state index in [9.17, 15) is 0 Å². The largest absolute Gasteiger partial charge is 0.373 e. The average molecular weight is 175 g/mol. The van der Waals surface area contributed by atoms with Gasteiger partial charge in [0.05, 0.1) is 0 Å². The maximum absolute atomic E-state index is 2.36. The molecule has 0 saturated carbocycles. The minimum atomic E-state index is 0.366. The van der Waals surface area contributed by atoms with Crippen LogP contribution in [-0.4, -0.2) is 13.6 Å². The monoisotopic (exact) mass is 175 g/mol. The van der Waals surface area contributed by atoms with Gasteiger partial charge in [-0.05, 0) is 18.1 Å². The molecular formula is C12H17N. The van der Waals surface area contributed by atoms with Crippen LogP contribution in [0.1, 0.15) is 25.8 Å². The summed E-state index contributed by atoms with van der Waals surface area (Å²) in [5.41, 5.74) is 3.29. The van der Waals surface area contributed by atoms with Crippen molar-refractivity contribution in [2.75, 3.05) is 18.5 Å². The van der Waals surface area contributed by atoms with Crippen molar-refractivity contribution in [1.29, 1.82) is 0 Å². The lowest BCUT2D eigenvalue weighted by Crippen LogP contribution is -2.27. The molecule has 2 rings (SSSR count). The number of anilines is 1. The number of benzene rings is 1. The van der Waals surface area contributed by atoms with Crippen LogP contribution >= 0.6 is 0 Å². The summed E-state index contributed by atoms with van der Waals surface area (Å²) in [6.45, 7) is 5.79. The van der Waals surface area contributed by atoms with Gasteiger partial charge in [-0.15, -0.1) is 0 Å². The molecule has 1 aromatic carbocycles. The van der Waals surface area contributed by atoms with E-state index in [1.165, 1.54) is 17.7 Å². The highest BCUT2D eigenvalue weighted by Gasteiger charge is 2.35. The standard InChI is InChI=1S/C12H17N/c1-4-12(2)9-13(3)11-8-6-5-7-10(11)12/h5-8H,4,9H2,1-3H3. The Kier molecular flexibility index (Phi) is 1.83. The zero-order chi connectivity index (χ0) is 9.47. The zero-order valence-electron chi connectivity index (χ0n) is 8.67. The number of nitrogens with zero attached hydrogens (tertiary/aromatic N) is 1. The van der Waals surface area contributed by atoms with Gasteiger partial charge in [0, 0.05) is 24.7 Å². The van der Waals surface area contributed by atoms with Gasteiger partial charge in [0.2, 0.25) is 0 Å². The summed E-state index contributed by atoms with van der Waals surface area (Å²) >= 11 is 0. The first kappa shape index (κ1) is 8.61. The van der Waals surface area contributed by atoms with Crippen molar-refractivity contribution in [3.63, 3.8) is 0 Å². The van der Waals surface area contributed by atoms with Crippen LogP contribution in [0.5, 0.6) is 0 Å². The van der Waals surface area contributed by atoms with Gasteiger partial charge in [0.15, 0.2) is 0 Å². The summed E-state index contributed by atoms with van der Waals surface area (Å²) < 4.78 is 0. The van der Waals surface area contributed by atoms with Crippen molar-refractivity contribution in [3.05, 3.63) is 29.8 Å². The van der Waals surface area contributed by atoms with Crippen molar-refractivity contribution in [3.8, 4) is 0 Å². The zero-order valence-corrected chi connectivity index (χ0v) is 8.67. The second kappa shape index (κ2) is 2.76. The Balaban J connectivity index is 2.53. The Morgan fingerprint density at radius 1 is 1.38 bits per heavy atom. The van der Waals surface area contributed by atoms with E-state index < -0.39 is 0 Å². The molecular weight excluding hydrogens is 158 g/mol. The van der Waals surface area contributed by atoms with Gasteiger partial charge >= 0.3 is 0 Å². The molecule has 0 bridgehead atoms. The average Bonchev–Trinajstić information content (AvgIpc) is 2.42. The molecule has 1 heterocycles. The summed E-state index contributed by atoms with van der Waals surface area (Å²) in [6, 6.07) is 8.75. The summed E-state index contributed by atoms with van der Waals surface area (Å²) in [6.07, 6.45) is 1.22. The van der Waals surface area contributed by atoms with E-state index in [1.54, 1.807) is 0 Å². The van der Waals surface area contributed by atoms with Crippen LogP contribution in [0.25, 0.3) is 0 Å². The van der Waals surface area contributed by atoms with E-state index in [0.717, 1.165) is 6.54 Å². The molecule has 0 radical (unpaired) electrons. The number of para-hydroxylation sites is 1. The van der Waals surface area contributed by atoms with Crippen LogP contribution in [-0.2, 0) is 5.41 Å². The van der Waals surface area contributed by atoms with Crippen molar-refractivity contribution < 1.29 is 0 Å². The molecule has 1 unspecified atom stereocenters. The molecule has 0 amide bonds. The van der Waals surface area contributed by atoms with Gasteiger partial charge in [-0.2, -0.15) is 0 Å². The van der Waals surface area contributed by atoms with Crippen LogP contribution in [0.15, 0.2) is 24.3 Å². The molecule has 0 saturated heterocycles. The Morgan fingerprint density at radius 2 is 2.08 bits per heavy atom. The molecule has 0 fully saturated rings. The molecule has 0 spiro atoms. The third kappa shape index (κ3) is 1.14. The lowest BCUT2D eigenvalue weighted by atomic mass is 9.82. The topological polar surface area (TPSA) is 3.24 Å². The SMILES string of the molecule is CCC1(C)CN(C)c2ccccc21. The van der Waals surface area contributed by atoms with Gasteiger partial charge in [0.25, 0.3) is 0 Å². The van der Waals surface area contributed by atoms with Crippen LogP contribution in [0.2, 0.25) is 0 Å². The van der Waals surface area contributed by atoms with Crippen molar-refractivity contribution in [1.82, 2.24) is 0 Å². The first-order valence-electron chi connectivity index (χ1n) is 4.98. The molecule has 0 aromatic heterocycles. The maximum atomic E-state index is 2.36. The van der Waals surface area contributed by atoms with Crippen LogP contribution in [0, 0.1) is 0 Å². The molecule has 1 aliphatic heterocycles. The lowest BCUT2D eigenvalue weighted by Gasteiger charge is -2.22. The number of fused-ring (bicyclic) bond motifs is 1. The van der Waals surface area contributed by atoms with E-state index in [-0.39, 0.29) is 0 Å². The molecule has 1 aromatic rings. The van der Waals surface area contributed by atoms with Crippen LogP contribution in [0.4, 0.5) is 5.69 Å². The normalized spacial score (nSPS) is 26.2. The van der Waals surface area contributed by atoms with Gasteiger partial charge < -0.3 is 4.90 Å². The predicted octanol–water partition coefficient (Wildman–Crippen LogP) is 2.80. The molecule has 1 heteroatoms. The van der Waals surface area contributed by atoms with Gasteiger partial charge in [-0.25, -0.2) is 0 Å². The third-order valence-electron chi connectivity index (χ3n) is 3.33. The molecule has 0 N–H and O–H groups in total. The Bertz CT molecular complexity index is 319. The summed E-state index contributed by atoms with van der Waals surface area (Å²) in [5, 5.41) is 0. The number of hydrogen-bond acceptors (Lipinski definition) is 1. The summed E-state index contributed by atoms with van der Waals surface area (Å²) in [7, 11) is 2.18. The maximum Gasteiger partial charge on any atom is 0.0402 e. The van der Waals surface area contributed by atoms with E-state index in [0.29, 0.717) is 5.41 Å². The fourth-order valence-electron chi connectivity index (χ4n) is 2.31. The number of rotatable bonds is 1. The molecule has 70 valence electrons. The molecule has 13 heavy (non-hydrogen) atoms. The lowest BCUT2D eigenvalue weighted by molar-refractivity contribution is 0.487. The smallest absolute Gasteiger partial charge is 0.0402 e. The summed E-state index contributed by atoms with van der Waals surface area (Å²) in [4.78, 5) is 2.36. The minimum Gasteiger partial charge on any atom is -0.373 e. The highest BCUT2D eigenvalue weighted by molar-refractivity contribution is 5.61.